The van der Waals surface area contributed by atoms with Crippen LogP contribution in [0.2, 0.25) is 0 Å². The van der Waals surface area contributed by atoms with Crippen LogP contribution >= 0.6 is 0 Å². The second-order valence-electron chi connectivity index (χ2n) is 14.5. The van der Waals surface area contributed by atoms with Crippen molar-refractivity contribution in [3.63, 3.8) is 0 Å². The van der Waals surface area contributed by atoms with Gasteiger partial charge in [-0.1, -0.05) is 38.1 Å². The molecule has 0 bridgehead atoms. The van der Waals surface area contributed by atoms with Gasteiger partial charge in [0.15, 0.2) is 0 Å². The van der Waals surface area contributed by atoms with Gasteiger partial charge in [0.2, 0.25) is 41.4 Å². The van der Waals surface area contributed by atoms with E-state index in [0.29, 0.717) is 11.1 Å². The van der Waals surface area contributed by atoms with Crippen molar-refractivity contribution in [1.29, 1.82) is 0 Å². The van der Waals surface area contributed by atoms with Crippen molar-refractivity contribution in [3.05, 3.63) is 59.7 Å². The molecule has 23 heteroatoms. The number of carboxylic acids is 3. The van der Waals surface area contributed by atoms with Crippen molar-refractivity contribution >= 4 is 59.3 Å². The number of primary amides is 1. The summed E-state index contributed by atoms with van der Waals surface area (Å²) in [5.41, 5.74) is 11.6. The summed E-state index contributed by atoms with van der Waals surface area (Å²) in [6.07, 6.45) is -3.70. The minimum atomic E-state index is -1.96. The molecule has 0 spiro atoms. The van der Waals surface area contributed by atoms with E-state index in [1.54, 1.807) is 13.8 Å². The molecule has 0 aromatic heterocycles. The van der Waals surface area contributed by atoms with Crippen LogP contribution in [0.3, 0.4) is 0 Å². The van der Waals surface area contributed by atoms with E-state index < -0.39 is 128 Å². The Labute approximate surface area is 354 Å². The molecule has 15 N–H and O–H groups in total. The molecule has 6 atom stereocenters. The van der Waals surface area contributed by atoms with Gasteiger partial charge in [-0.25, -0.2) is 4.79 Å². The predicted molar refractivity (Wildman–Crippen MR) is 214 cm³/mol. The first kappa shape index (κ1) is 50.8. The van der Waals surface area contributed by atoms with Crippen LogP contribution < -0.4 is 43.4 Å². The number of carbonyl (C=O) groups excluding carboxylic acids is 7. The van der Waals surface area contributed by atoms with E-state index in [4.69, 9.17) is 16.6 Å². The number of amides is 7. The fourth-order valence-electron chi connectivity index (χ4n) is 5.79. The number of rotatable bonds is 26. The molecule has 2 aromatic rings. The molecule has 0 radical (unpaired) electrons. The number of hydrogen-bond acceptors (Lipinski definition) is 13. The highest BCUT2D eigenvalue weighted by Gasteiger charge is 2.35. The number of hydrogen-bond donors (Lipinski definition) is 13. The van der Waals surface area contributed by atoms with Crippen molar-refractivity contribution in [3.8, 4) is 11.5 Å². The number of nitrogens with two attached hydrogens (primary N) is 2. The molecule has 0 aliphatic rings. The molecule has 338 valence electrons. The summed E-state index contributed by atoms with van der Waals surface area (Å²) in [6.45, 7) is 2.80. The molecule has 0 saturated heterocycles. The first-order chi connectivity index (χ1) is 29.1. The topological polar surface area (TPSA) is 396 Å². The monoisotopic (exact) mass is 872 g/mol. The van der Waals surface area contributed by atoms with E-state index in [-0.39, 0.29) is 36.7 Å². The smallest absolute Gasteiger partial charge is 0.326 e. The molecular formula is C39H52N8O15. The minimum Gasteiger partial charge on any atom is -0.508 e. The lowest BCUT2D eigenvalue weighted by Gasteiger charge is -2.28. The Morgan fingerprint density at radius 2 is 0.935 bits per heavy atom. The lowest BCUT2D eigenvalue weighted by atomic mass is 10.00. The molecule has 0 aliphatic carbocycles. The highest BCUT2D eigenvalue weighted by molar-refractivity contribution is 5.98. The highest BCUT2D eigenvalue weighted by Crippen LogP contribution is 2.15. The second kappa shape index (κ2) is 24.7. The van der Waals surface area contributed by atoms with E-state index in [1.807, 2.05) is 5.32 Å². The number of carboxylic acid groups (broad SMARTS) is 3. The number of phenols is 2. The molecule has 0 heterocycles. The van der Waals surface area contributed by atoms with Gasteiger partial charge in [-0.15, -0.1) is 0 Å². The van der Waals surface area contributed by atoms with E-state index in [1.165, 1.54) is 48.5 Å². The number of aliphatic carboxylic acids is 3. The first-order valence-electron chi connectivity index (χ1n) is 19.1. The molecule has 7 amide bonds. The maximum Gasteiger partial charge on any atom is 0.326 e. The van der Waals surface area contributed by atoms with Crippen molar-refractivity contribution in [2.45, 2.75) is 95.0 Å². The van der Waals surface area contributed by atoms with Gasteiger partial charge in [-0.2, -0.15) is 0 Å². The summed E-state index contributed by atoms with van der Waals surface area (Å²) >= 11 is 0. The van der Waals surface area contributed by atoms with Crippen LogP contribution in [0, 0.1) is 5.92 Å². The minimum absolute atomic E-state index is 0.0654. The van der Waals surface area contributed by atoms with Crippen LogP contribution in [0.5, 0.6) is 11.5 Å². The average molecular weight is 873 g/mol. The average Bonchev–Trinajstić information content (AvgIpc) is 3.18. The third kappa shape index (κ3) is 18.3. The SMILES string of the molecule is CC(C)C[C@H](NC(=O)[C@H](CCC(=O)O)NC(=O)[C@H](Cc1ccc(O)cc1)NC(=O)[C@H](Cc1ccc(O)cc1)NC(=O)CN)C(=O)N[C@@H](CC(N)=O)C(=O)N[C@@H](CC(=O)O)C(=O)O. The zero-order valence-electron chi connectivity index (χ0n) is 33.8. The van der Waals surface area contributed by atoms with Crippen molar-refractivity contribution in [1.82, 2.24) is 31.9 Å². The Bertz CT molecular complexity index is 1940. The van der Waals surface area contributed by atoms with Gasteiger partial charge in [0.1, 0.15) is 47.8 Å². The zero-order chi connectivity index (χ0) is 46.7. The molecule has 2 rings (SSSR count). The van der Waals surface area contributed by atoms with Crippen molar-refractivity contribution in [2.24, 2.45) is 17.4 Å². The third-order valence-electron chi connectivity index (χ3n) is 8.87. The van der Waals surface area contributed by atoms with Gasteiger partial charge in [0.05, 0.1) is 19.4 Å². The Balaban J connectivity index is 2.46. The normalized spacial score (nSPS) is 13.7. The lowest BCUT2D eigenvalue weighted by molar-refractivity contribution is -0.147. The highest BCUT2D eigenvalue weighted by atomic mass is 16.4. The molecule has 0 saturated carbocycles. The predicted octanol–water partition coefficient (Wildman–Crippen LogP) is -2.90. The van der Waals surface area contributed by atoms with E-state index in [2.05, 4.69) is 26.6 Å². The van der Waals surface area contributed by atoms with Gasteiger partial charge < -0.3 is 68.9 Å². The van der Waals surface area contributed by atoms with E-state index >= 15 is 0 Å². The molecular weight excluding hydrogens is 820 g/mol. The summed E-state index contributed by atoms with van der Waals surface area (Å²) < 4.78 is 0. The molecule has 23 nitrogen and oxygen atoms in total. The van der Waals surface area contributed by atoms with Crippen LogP contribution in [0.15, 0.2) is 48.5 Å². The number of nitrogens with one attached hydrogen (secondary N) is 6. The standard InChI is InChI=1S/C39H52N8O15/c1-19(2)13-25(35(57)46-28(16-30(41)50)38(60)47-29(39(61)62)17-33(54)55)44-34(56)24(11-12-32(52)53)43-37(59)27(15-21-5-9-23(49)10-6-21)45-36(58)26(42-31(51)18-40)14-20-3-7-22(48)8-4-20/h3-10,19,24-29,48-49H,11-18,40H2,1-2H3,(H2,41,50)(H,42,51)(H,43,59)(H,44,56)(H,45,58)(H,46,57)(H,47,60)(H,52,53)(H,54,55)(H,61,62)/t24-,25-,26-,27-,28-,29-/m0/s1. The van der Waals surface area contributed by atoms with Crippen LogP contribution in [0.25, 0.3) is 0 Å². The Kier molecular flexibility index (Phi) is 20.3. The Morgan fingerprint density at radius 3 is 1.37 bits per heavy atom. The van der Waals surface area contributed by atoms with Crippen LogP contribution in [0.1, 0.15) is 57.1 Å². The maximum atomic E-state index is 14.0. The zero-order valence-corrected chi connectivity index (χ0v) is 33.8. The van der Waals surface area contributed by atoms with Crippen LogP contribution in [0.4, 0.5) is 0 Å². The summed E-state index contributed by atoms with van der Waals surface area (Å²) in [5, 5.41) is 61.3. The van der Waals surface area contributed by atoms with Gasteiger partial charge in [0, 0.05) is 19.3 Å². The van der Waals surface area contributed by atoms with E-state index in [0.717, 1.165) is 0 Å². The molecule has 0 fully saturated rings. The number of benzene rings is 2. The number of aromatic hydroxyl groups is 2. The van der Waals surface area contributed by atoms with Crippen molar-refractivity contribution in [2.75, 3.05) is 6.54 Å². The summed E-state index contributed by atoms with van der Waals surface area (Å²) in [7, 11) is 0. The molecule has 2 aromatic carbocycles. The second-order valence-corrected chi connectivity index (χ2v) is 14.5. The maximum absolute atomic E-state index is 14.0. The van der Waals surface area contributed by atoms with Crippen molar-refractivity contribution < 1.29 is 73.5 Å². The van der Waals surface area contributed by atoms with Gasteiger partial charge >= 0.3 is 17.9 Å². The first-order valence-corrected chi connectivity index (χ1v) is 19.1. The van der Waals surface area contributed by atoms with Gasteiger partial charge in [0.25, 0.3) is 0 Å². The van der Waals surface area contributed by atoms with Crippen LogP contribution in [-0.4, -0.2) is 128 Å². The molecule has 0 unspecified atom stereocenters. The Hall–Kier alpha value is -7.30. The fraction of sp³-hybridized carbons (Fsp3) is 0.436. The molecule has 62 heavy (non-hydrogen) atoms. The lowest BCUT2D eigenvalue weighted by Crippen LogP contribution is -2.60. The quantitative estimate of drug-likeness (QED) is 0.0451. The molecule has 0 aliphatic heterocycles. The largest absolute Gasteiger partial charge is 0.508 e. The number of phenolic OH excluding ortho intramolecular Hbond substituents is 2. The summed E-state index contributed by atoms with van der Waals surface area (Å²) in [4.78, 5) is 127. The van der Waals surface area contributed by atoms with Gasteiger partial charge in [-0.05, 0) is 54.2 Å². The number of carbonyl (C=O) groups is 10. The van der Waals surface area contributed by atoms with E-state index in [9.17, 15) is 68.4 Å². The van der Waals surface area contributed by atoms with Gasteiger partial charge in [-0.3, -0.25) is 43.2 Å². The Morgan fingerprint density at radius 1 is 0.532 bits per heavy atom. The summed E-state index contributed by atoms with van der Waals surface area (Å²) in [5.74, 6) is -12.5. The van der Waals surface area contributed by atoms with Crippen LogP contribution in [-0.2, 0) is 60.8 Å². The summed E-state index contributed by atoms with van der Waals surface area (Å²) in [6, 6.07) is 1.30. The fourth-order valence-corrected chi connectivity index (χ4v) is 5.79. The third-order valence-corrected chi connectivity index (χ3v) is 8.87.